The highest BCUT2D eigenvalue weighted by atomic mass is 19.3. The van der Waals surface area contributed by atoms with Crippen LogP contribution in [0.5, 0.6) is 11.5 Å². The fourth-order valence-corrected chi connectivity index (χ4v) is 4.31. The molecule has 0 radical (unpaired) electrons. The highest BCUT2D eigenvalue weighted by Gasteiger charge is 2.35. The summed E-state index contributed by atoms with van der Waals surface area (Å²) >= 11 is 0. The molecule has 1 atom stereocenters. The van der Waals surface area contributed by atoms with E-state index in [1.165, 1.54) is 12.1 Å². The molecule has 0 saturated carbocycles. The summed E-state index contributed by atoms with van der Waals surface area (Å²) in [5, 5.41) is 3.74. The number of benzene rings is 2. The number of fused-ring (bicyclic) bond motifs is 1. The molecule has 0 bridgehead atoms. The lowest BCUT2D eigenvalue weighted by atomic mass is 9.90. The van der Waals surface area contributed by atoms with Gasteiger partial charge in [0.2, 0.25) is 0 Å². The molecule has 6 nitrogen and oxygen atoms in total. The highest BCUT2D eigenvalue weighted by molar-refractivity contribution is 5.91. The van der Waals surface area contributed by atoms with Crippen LogP contribution in [0, 0.1) is 18.7 Å². The first-order valence-electron chi connectivity index (χ1n) is 11.5. The second-order valence-corrected chi connectivity index (χ2v) is 9.43. The molecule has 1 unspecified atom stereocenters. The van der Waals surface area contributed by atoms with Crippen molar-refractivity contribution >= 4 is 16.7 Å². The Morgan fingerprint density at radius 2 is 1.91 bits per heavy atom. The molecule has 35 heavy (non-hydrogen) atoms. The molecule has 0 amide bonds. The summed E-state index contributed by atoms with van der Waals surface area (Å²) in [7, 11) is 1.56. The van der Waals surface area contributed by atoms with Crippen molar-refractivity contribution in [2.45, 2.75) is 52.2 Å². The maximum atomic E-state index is 14.8. The Balaban J connectivity index is 1.69. The topological polar surface area (TPSA) is 65.5 Å². The van der Waals surface area contributed by atoms with E-state index in [1.807, 2.05) is 13.8 Å². The van der Waals surface area contributed by atoms with E-state index in [9.17, 15) is 13.2 Å². The minimum atomic E-state index is -3.28. The van der Waals surface area contributed by atoms with E-state index in [0.29, 0.717) is 54.2 Å². The van der Waals surface area contributed by atoms with Crippen molar-refractivity contribution in [2.24, 2.45) is 5.92 Å². The van der Waals surface area contributed by atoms with Crippen molar-refractivity contribution < 1.29 is 27.4 Å². The van der Waals surface area contributed by atoms with Gasteiger partial charge in [0.15, 0.2) is 11.5 Å². The first-order chi connectivity index (χ1) is 16.5. The van der Waals surface area contributed by atoms with Gasteiger partial charge in [-0.3, -0.25) is 0 Å². The van der Waals surface area contributed by atoms with Gasteiger partial charge in [0.1, 0.15) is 23.1 Å². The number of aryl methyl sites for hydroxylation is 1. The van der Waals surface area contributed by atoms with Crippen LogP contribution < -0.4 is 14.8 Å². The van der Waals surface area contributed by atoms with Crippen LogP contribution in [0.15, 0.2) is 30.3 Å². The summed E-state index contributed by atoms with van der Waals surface area (Å²) in [4.78, 5) is 8.98. The summed E-state index contributed by atoms with van der Waals surface area (Å²) in [6.45, 7) is 7.74. The molecular weight excluding hydrogens is 459 g/mol. The first kappa shape index (κ1) is 25.0. The fourth-order valence-electron chi connectivity index (χ4n) is 4.31. The van der Waals surface area contributed by atoms with Crippen molar-refractivity contribution in [1.29, 1.82) is 0 Å². The lowest BCUT2D eigenvalue weighted by Gasteiger charge is -2.32. The van der Waals surface area contributed by atoms with Crippen LogP contribution in [0.4, 0.5) is 19.0 Å². The Bertz CT molecular complexity index is 1220. The zero-order valence-corrected chi connectivity index (χ0v) is 20.5. The van der Waals surface area contributed by atoms with Gasteiger partial charge < -0.3 is 19.5 Å². The number of rotatable bonds is 8. The van der Waals surface area contributed by atoms with Crippen LogP contribution in [0.2, 0.25) is 0 Å². The van der Waals surface area contributed by atoms with Crippen LogP contribution in [-0.4, -0.2) is 35.9 Å². The Morgan fingerprint density at radius 1 is 1.14 bits per heavy atom. The molecule has 1 aliphatic heterocycles. The van der Waals surface area contributed by atoms with Crippen molar-refractivity contribution in [2.75, 3.05) is 25.6 Å². The lowest BCUT2D eigenvalue weighted by molar-refractivity contribution is 0.0136. The van der Waals surface area contributed by atoms with Crippen molar-refractivity contribution in [3.8, 4) is 11.5 Å². The minimum Gasteiger partial charge on any atom is -0.493 e. The van der Waals surface area contributed by atoms with Crippen LogP contribution in [-0.2, 0) is 17.2 Å². The third kappa shape index (κ3) is 5.29. The van der Waals surface area contributed by atoms with Gasteiger partial charge in [-0.2, -0.15) is 0 Å². The second-order valence-electron chi connectivity index (χ2n) is 9.43. The molecule has 2 aromatic carbocycles. The number of hydrogen-bond donors (Lipinski definition) is 1. The smallest absolute Gasteiger partial charge is 0.273 e. The van der Waals surface area contributed by atoms with E-state index in [2.05, 4.69) is 15.3 Å². The van der Waals surface area contributed by atoms with Gasteiger partial charge in [-0.15, -0.1) is 0 Å². The number of aromatic nitrogens is 2. The number of hydrogen-bond acceptors (Lipinski definition) is 6. The number of methoxy groups -OCH3 is 1. The van der Waals surface area contributed by atoms with Gasteiger partial charge in [0, 0.05) is 43.0 Å². The Hall–Kier alpha value is -3.07. The number of anilines is 1. The van der Waals surface area contributed by atoms with Gasteiger partial charge in [0.05, 0.1) is 24.8 Å². The maximum absolute atomic E-state index is 14.8. The zero-order chi connectivity index (χ0) is 25.4. The van der Waals surface area contributed by atoms with Gasteiger partial charge in [-0.05, 0) is 33.3 Å². The maximum Gasteiger partial charge on any atom is 0.273 e. The Labute approximate surface area is 202 Å². The monoisotopic (exact) mass is 489 g/mol. The van der Waals surface area contributed by atoms with Gasteiger partial charge in [-0.25, -0.2) is 23.1 Å². The molecule has 9 heteroatoms. The summed E-state index contributed by atoms with van der Waals surface area (Å²) in [5.41, 5.74) is -0.425. The standard InChI is InChI=1S/C26H30F3N3O3/c1-15-31-20-12-21(33-5)22(35-25(2,3)17-9-10-34-14-17)11-18(20)24(32-15)30-13-16-7-6-8-19(23(16)27)26(4,28)29/h6-8,11-12,17H,9-10,13-14H2,1-5H3,(H,30,31,32). The average Bonchev–Trinajstić information content (AvgIpc) is 3.33. The molecule has 1 aliphatic rings. The predicted octanol–water partition coefficient (Wildman–Crippen LogP) is 6.00. The number of nitrogens with one attached hydrogen (secondary N) is 1. The summed E-state index contributed by atoms with van der Waals surface area (Å²) in [5.74, 6) is -2.01. The third-order valence-corrected chi connectivity index (χ3v) is 6.38. The van der Waals surface area contributed by atoms with E-state index in [1.54, 1.807) is 26.2 Å². The molecule has 1 fully saturated rings. The highest BCUT2D eigenvalue weighted by Crippen LogP contribution is 2.39. The van der Waals surface area contributed by atoms with E-state index in [4.69, 9.17) is 14.2 Å². The molecular formula is C26H30F3N3O3. The average molecular weight is 490 g/mol. The Morgan fingerprint density at radius 3 is 2.57 bits per heavy atom. The summed E-state index contributed by atoms with van der Waals surface area (Å²) < 4.78 is 59.8. The van der Waals surface area contributed by atoms with Crippen LogP contribution in [0.25, 0.3) is 10.9 Å². The van der Waals surface area contributed by atoms with E-state index >= 15 is 0 Å². The number of ether oxygens (including phenoxy) is 3. The Kier molecular flexibility index (Phi) is 6.81. The molecule has 1 aromatic heterocycles. The van der Waals surface area contributed by atoms with E-state index in [-0.39, 0.29) is 18.0 Å². The van der Waals surface area contributed by atoms with Gasteiger partial charge >= 0.3 is 0 Å². The lowest BCUT2D eigenvalue weighted by Crippen LogP contribution is -2.38. The van der Waals surface area contributed by atoms with Crippen LogP contribution in [0.1, 0.15) is 44.1 Å². The third-order valence-electron chi connectivity index (χ3n) is 6.38. The molecule has 1 N–H and O–H groups in total. The molecule has 3 aromatic rings. The largest absolute Gasteiger partial charge is 0.493 e. The van der Waals surface area contributed by atoms with Crippen molar-refractivity contribution in [3.05, 3.63) is 53.1 Å². The van der Waals surface area contributed by atoms with Crippen molar-refractivity contribution in [1.82, 2.24) is 9.97 Å². The molecule has 0 aliphatic carbocycles. The fraction of sp³-hybridized carbons (Fsp3) is 0.462. The molecule has 4 rings (SSSR count). The second kappa shape index (κ2) is 9.53. The minimum absolute atomic E-state index is 0.0333. The van der Waals surface area contributed by atoms with Gasteiger partial charge in [-0.1, -0.05) is 18.2 Å². The predicted molar refractivity (Wildman–Crippen MR) is 128 cm³/mol. The zero-order valence-electron chi connectivity index (χ0n) is 20.5. The van der Waals surface area contributed by atoms with Crippen LogP contribution >= 0.6 is 0 Å². The molecule has 0 spiro atoms. The number of nitrogens with zero attached hydrogens (tertiary/aromatic N) is 2. The number of halogens is 3. The van der Waals surface area contributed by atoms with E-state index in [0.717, 1.165) is 12.5 Å². The van der Waals surface area contributed by atoms with E-state index < -0.39 is 22.9 Å². The summed E-state index contributed by atoms with van der Waals surface area (Å²) in [6.07, 6.45) is 0.902. The number of alkyl halides is 2. The quantitative estimate of drug-likeness (QED) is 0.419. The molecule has 1 saturated heterocycles. The SMILES string of the molecule is COc1cc2nc(C)nc(NCc3cccc(C(C)(F)F)c3F)c2cc1OC(C)(C)C1CCOC1. The normalized spacial score (nSPS) is 16.5. The molecule has 2 heterocycles. The van der Waals surface area contributed by atoms with Gasteiger partial charge in [0.25, 0.3) is 5.92 Å². The summed E-state index contributed by atoms with van der Waals surface area (Å²) in [6, 6.07) is 7.54. The molecule has 188 valence electrons. The first-order valence-corrected chi connectivity index (χ1v) is 11.5. The van der Waals surface area contributed by atoms with Crippen molar-refractivity contribution in [3.63, 3.8) is 0 Å². The van der Waals surface area contributed by atoms with Crippen LogP contribution in [0.3, 0.4) is 0 Å².